The van der Waals surface area contributed by atoms with Gasteiger partial charge < -0.3 is 13.9 Å². The van der Waals surface area contributed by atoms with Crippen molar-refractivity contribution in [3.63, 3.8) is 0 Å². The number of furan rings is 1. The quantitative estimate of drug-likeness (QED) is 0.347. The van der Waals surface area contributed by atoms with Gasteiger partial charge in [-0.25, -0.2) is 4.79 Å². The van der Waals surface area contributed by atoms with Crippen LogP contribution in [-0.2, 0) is 19.1 Å². The summed E-state index contributed by atoms with van der Waals surface area (Å²) in [5, 5.41) is 0. The standard InChI is InChI=1S/C30H37ClO6/c1-18-15-28(4)27(3)12-9-19-14-20(32)10-11-26(19,2)24(27)22(35-6)16-29(28,5)30(18,23(33)17-31)37-25(34)21-8-7-13-36-21/h7-8,10-11,13-14,18,22,24H,9,12,15-17H2,1-6H3. The second-order valence-corrected chi connectivity index (χ2v) is 12.8. The van der Waals surface area contributed by atoms with Crippen LogP contribution in [0.2, 0.25) is 0 Å². The Labute approximate surface area is 223 Å². The molecule has 0 amide bonds. The maximum absolute atomic E-state index is 13.9. The summed E-state index contributed by atoms with van der Waals surface area (Å²) < 4.78 is 17.9. The lowest BCUT2D eigenvalue weighted by atomic mass is 9.35. The fraction of sp³-hybridized carbons (Fsp3) is 0.633. The van der Waals surface area contributed by atoms with E-state index in [-0.39, 0.29) is 52.0 Å². The number of methoxy groups -OCH3 is 1. The number of allylic oxidation sites excluding steroid dienone is 4. The highest BCUT2D eigenvalue weighted by Gasteiger charge is 2.80. The van der Waals surface area contributed by atoms with E-state index in [2.05, 4.69) is 33.8 Å². The van der Waals surface area contributed by atoms with Gasteiger partial charge in [-0.3, -0.25) is 9.59 Å². The van der Waals surface area contributed by atoms with Crippen LogP contribution < -0.4 is 0 Å². The highest BCUT2D eigenvalue weighted by atomic mass is 35.5. The maximum Gasteiger partial charge on any atom is 0.375 e. The summed E-state index contributed by atoms with van der Waals surface area (Å²) in [6, 6.07) is 3.17. The van der Waals surface area contributed by atoms with E-state index in [1.54, 1.807) is 31.4 Å². The van der Waals surface area contributed by atoms with Gasteiger partial charge in [0.2, 0.25) is 5.76 Å². The summed E-state index contributed by atoms with van der Waals surface area (Å²) in [6.45, 7) is 10.9. The number of carbonyl (C=O) groups is 3. The van der Waals surface area contributed by atoms with Gasteiger partial charge in [-0.15, -0.1) is 11.6 Å². The number of hydrogen-bond acceptors (Lipinski definition) is 6. The molecule has 37 heavy (non-hydrogen) atoms. The maximum atomic E-state index is 13.9. The summed E-state index contributed by atoms with van der Waals surface area (Å²) in [6.07, 6.45) is 9.58. The molecule has 0 aromatic carbocycles. The van der Waals surface area contributed by atoms with Crippen molar-refractivity contribution < 1.29 is 28.3 Å². The van der Waals surface area contributed by atoms with E-state index >= 15 is 0 Å². The van der Waals surface area contributed by atoms with Crippen molar-refractivity contribution in [2.45, 2.75) is 72.0 Å². The molecule has 8 unspecified atom stereocenters. The molecule has 1 aromatic rings. The number of fused-ring (bicyclic) bond motifs is 5. The molecule has 3 fully saturated rings. The first-order chi connectivity index (χ1) is 17.3. The largest absolute Gasteiger partial charge is 0.457 e. The van der Waals surface area contributed by atoms with Crippen LogP contribution in [0.4, 0.5) is 0 Å². The molecule has 4 aliphatic rings. The van der Waals surface area contributed by atoms with E-state index in [1.807, 2.05) is 6.92 Å². The average Bonchev–Trinajstić information content (AvgIpc) is 3.45. The summed E-state index contributed by atoms with van der Waals surface area (Å²) >= 11 is 6.26. The fourth-order valence-electron chi connectivity index (χ4n) is 9.47. The molecular formula is C30H37ClO6. The van der Waals surface area contributed by atoms with Crippen LogP contribution >= 0.6 is 11.6 Å². The minimum atomic E-state index is -1.44. The van der Waals surface area contributed by atoms with Gasteiger partial charge in [0.25, 0.3) is 0 Å². The number of hydrogen-bond donors (Lipinski definition) is 0. The Kier molecular flexibility index (Phi) is 6.01. The number of esters is 1. The molecule has 0 radical (unpaired) electrons. The van der Waals surface area contributed by atoms with Crippen LogP contribution in [0.1, 0.15) is 70.9 Å². The zero-order valence-corrected chi connectivity index (χ0v) is 23.3. The minimum Gasteiger partial charge on any atom is -0.457 e. The van der Waals surface area contributed by atoms with E-state index in [9.17, 15) is 14.4 Å². The van der Waals surface area contributed by atoms with Crippen molar-refractivity contribution in [3.05, 3.63) is 48.0 Å². The SMILES string of the molecule is COC1CC2(C)C(OC(=O)c3ccco3)(C(=O)CCl)C(C)CC2(C)C2(C)CCC3=CC(=O)C=CC3(C)C12. The van der Waals surface area contributed by atoms with Gasteiger partial charge in [-0.05, 0) is 60.8 Å². The van der Waals surface area contributed by atoms with Crippen molar-refractivity contribution in [1.82, 2.24) is 0 Å². The fourth-order valence-corrected chi connectivity index (χ4v) is 9.67. The molecule has 1 heterocycles. The molecule has 200 valence electrons. The van der Waals surface area contributed by atoms with Crippen molar-refractivity contribution in [2.24, 2.45) is 33.5 Å². The molecule has 8 atom stereocenters. The predicted molar refractivity (Wildman–Crippen MR) is 139 cm³/mol. The van der Waals surface area contributed by atoms with E-state index in [0.29, 0.717) is 12.8 Å². The Balaban J connectivity index is 1.69. The van der Waals surface area contributed by atoms with Gasteiger partial charge in [0.15, 0.2) is 17.2 Å². The Bertz CT molecular complexity index is 1200. The van der Waals surface area contributed by atoms with Gasteiger partial charge in [-0.2, -0.15) is 0 Å². The minimum absolute atomic E-state index is 0.0305. The summed E-state index contributed by atoms with van der Waals surface area (Å²) in [4.78, 5) is 39.5. The third-order valence-corrected chi connectivity index (χ3v) is 11.6. The first-order valence-corrected chi connectivity index (χ1v) is 13.7. The number of halogens is 1. The molecule has 7 heteroatoms. The van der Waals surface area contributed by atoms with Gasteiger partial charge in [0, 0.05) is 29.8 Å². The molecule has 0 N–H and O–H groups in total. The first kappa shape index (κ1) is 26.4. The van der Waals surface area contributed by atoms with Crippen molar-refractivity contribution in [3.8, 4) is 0 Å². The van der Waals surface area contributed by atoms with E-state index in [4.69, 9.17) is 25.5 Å². The normalized spacial score (nSPS) is 44.5. The molecule has 0 aliphatic heterocycles. The van der Waals surface area contributed by atoms with Gasteiger partial charge >= 0.3 is 5.97 Å². The number of alkyl halides is 1. The number of ether oxygens (including phenoxy) is 2. The van der Waals surface area contributed by atoms with Crippen LogP contribution in [0.15, 0.2) is 46.6 Å². The lowest BCUT2D eigenvalue weighted by molar-refractivity contribution is -0.242. The predicted octanol–water partition coefficient (Wildman–Crippen LogP) is 5.94. The number of Topliss-reactive ketones (excluding diaryl/α,β-unsaturated/α-hetero) is 1. The van der Waals surface area contributed by atoms with E-state index < -0.39 is 22.4 Å². The van der Waals surface area contributed by atoms with E-state index in [1.165, 1.54) is 6.26 Å². The Hall–Kier alpha value is -2.18. The Morgan fingerprint density at radius 3 is 2.51 bits per heavy atom. The second-order valence-electron chi connectivity index (χ2n) is 12.5. The van der Waals surface area contributed by atoms with E-state index in [0.717, 1.165) is 18.4 Å². The smallest absolute Gasteiger partial charge is 0.375 e. The highest BCUT2D eigenvalue weighted by Crippen LogP contribution is 2.79. The lowest BCUT2D eigenvalue weighted by Crippen LogP contribution is -2.70. The van der Waals surface area contributed by atoms with Crippen LogP contribution in [0.3, 0.4) is 0 Å². The average molecular weight is 529 g/mol. The molecule has 6 nitrogen and oxygen atoms in total. The molecule has 5 rings (SSSR count). The second kappa shape index (κ2) is 8.41. The lowest BCUT2D eigenvalue weighted by Gasteiger charge is -2.70. The van der Waals surface area contributed by atoms with Gasteiger partial charge in [0.1, 0.15) is 0 Å². The van der Waals surface area contributed by atoms with Crippen molar-refractivity contribution in [1.29, 1.82) is 0 Å². The molecule has 1 aromatic heterocycles. The van der Waals surface area contributed by atoms with Crippen molar-refractivity contribution >= 4 is 29.1 Å². The summed E-state index contributed by atoms with van der Waals surface area (Å²) in [7, 11) is 1.72. The molecule has 3 saturated carbocycles. The zero-order valence-electron chi connectivity index (χ0n) is 22.6. The Morgan fingerprint density at radius 2 is 1.89 bits per heavy atom. The molecule has 4 aliphatic carbocycles. The van der Waals surface area contributed by atoms with Crippen LogP contribution in [-0.4, -0.2) is 42.2 Å². The van der Waals surface area contributed by atoms with Gasteiger partial charge in [0.05, 0.1) is 18.2 Å². The molecular weight excluding hydrogens is 492 g/mol. The monoisotopic (exact) mass is 528 g/mol. The van der Waals surface area contributed by atoms with Crippen LogP contribution in [0.5, 0.6) is 0 Å². The molecule has 0 spiro atoms. The Morgan fingerprint density at radius 1 is 1.16 bits per heavy atom. The summed E-state index contributed by atoms with van der Waals surface area (Å²) in [5.41, 5.74) is -2.07. The molecule has 0 saturated heterocycles. The third-order valence-electron chi connectivity index (χ3n) is 11.4. The topological polar surface area (TPSA) is 82.8 Å². The number of rotatable bonds is 5. The molecule has 0 bridgehead atoms. The zero-order chi connectivity index (χ0) is 27.0. The summed E-state index contributed by atoms with van der Waals surface area (Å²) in [5.74, 6) is -1.30. The number of ketones is 2. The highest BCUT2D eigenvalue weighted by molar-refractivity contribution is 6.29. The van der Waals surface area contributed by atoms with Crippen molar-refractivity contribution in [2.75, 3.05) is 13.0 Å². The van der Waals surface area contributed by atoms with Crippen LogP contribution in [0, 0.1) is 33.5 Å². The first-order valence-electron chi connectivity index (χ1n) is 13.2. The third kappa shape index (κ3) is 3.12. The van der Waals surface area contributed by atoms with Gasteiger partial charge in [-0.1, -0.05) is 46.3 Å². The number of carbonyl (C=O) groups excluding carboxylic acids is 3. The van der Waals surface area contributed by atoms with Crippen LogP contribution in [0.25, 0.3) is 0 Å².